The minimum atomic E-state index is -0.0680. The molecule has 3 aromatic rings. The van der Waals surface area contributed by atoms with Crippen LogP contribution in [0.2, 0.25) is 0 Å². The van der Waals surface area contributed by atoms with Crippen LogP contribution >= 0.6 is 0 Å². The van der Waals surface area contributed by atoms with Gasteiger partial charge in [0.1, 0.15) is 0 Å². The van der Waals surface area contributed by atoms with Crippen LogP contribution in [0.15, 0.2) is 0 Å². The summed E-state index contributed by atoms with van der Waals surface area (Å²) in [5, 5.41) is 12.2. The highest BCUT2D eigenvalue weighted by Crippen LogP contribution is 2.51. The SMILES string of the molecule is CCCCN(CCCC)c1nc(N(CCCC)CCCC)nc(N(CCCCCCCN(c2nc(N(CCCCCCN(c3nc(N(CCCC)CCCC)nc(N(CCCC)CCCC)n3)C3CC(C)(C)NC(C)(C)C3)C3CC(C)(C)CC(C)(C)C3)nc(N(CCCC)C3CC(C)(C)NC(C)(C)C3)n2)C2CC(C)(C)CC(C)(C)C2)C2CC(C)(C)NC(C)(C)C2)n1. The lowest BCUT2D eigenvalue weighted by molar-refractivity contribution is 0.0942. The lowest BCUT2D eigenvalue weighted by Crippen LogP contribution is -2.62. The summed E-state index contributed by atoms with van der Waals surface area (Å²) >= 11 is 0. The summed E-state index contributed by atoms with van der Waals surface area (Å²) in [5.41, 5.74) is 0.230. The van der Waals surface area contributed by atoms with E-state index in [1.165, 1.54) is 12.8 Å². The van der Waals surface area contributed by atoms with Crippen molar-refractivity contribution in [1.82, 2.24) is 60.8 Å². The number of hydrogen-bond acceptors (Lipinski definition) is 21. The third-order valence-corrected chi connectivity index (χ3v) is 28.3. The maximum Gasteiger partial charge on any atom is 0.232 e. The molecule has 6 heterocycles. The predicted molar refractivity (Wildman–Crippen MR) is 544 cm³/mol. The summed E-state index contributed by atoms with van der Waals surface area (Å²) in [5.74, 6) is 7.90. The van der Waals surface area contributed by atoms with E-state index in [1.807, 2.05) is 0 Å². The average molecular weight is 1760 g/mol. The maximum absolute atomic E-state index is 6.15. The van der Waals surface area contributed by atoms with E-state index < -0.39 is 0 Å². The van der Waals surface area contributed by atoms with Gasteiger partial charge in [-0.2, -0.15) is 44.9 Å². The van der Waals surface area contributed by atoms with Crippen LogP contribution in [-0.4, -0.2) is 193 Å². The molecule has 21 nitrogen and oxygen atoms in total. The quantitative estimate of drug-likeness (QED) is 0.0454. The normalized spacial score (nSPS) is 20.3. The van der Waals surface area contributed by atoms with Gasteiger partial charge in [0, 0.05) is 149 Å². The molecule has 3 N–H and O–H groups in total. The van der Waals surface area contributed by atoms with Crippen LogP contribution in [0.5, 0.6) is 0 Å². The van der Waals surface area contributed by atoms with E-state index in [-0.39, 0.29) is 85.1 Å². The van der Waals surface area contributed by atoms with Crippen molar-refractivity contribution < 1.29 is 0 Å². The minimum absolute atomic E-state index is 0.0475. The van der Waals surface area contributed by atoms with Gasteiger partial charge in [0.15, 0.2) is 0 Å². The first-order chi connectivity index (χ1) is 59.3. The molecule has 5 fully saturated rings. The molecule has 0 amide bonds. The molecule has 0 atom stereocenters. The number of hydrogen-bond donors (Lipinski definition) is 3. The second-order valence-electron chi connectivity index (χ2n) is 48.0. The lowest BCUT2D eigenvalue weighted by atomic mass is 9.63. The number of unbranched alkanes of at least 4 members (excludes halogenated alkanes) is 16. The van der Waals surface area contributed by atoms with Crippen molar-refractivity contribution >= 4 is 53.5 Å². The van der Waals surface area contributed by atoms with Crippen molar-refractivity contribution in [2.45, 2.75) is 515 Å². The topological polar surface area (TPSA) is 181 Å². The molecule has 0 unspecified atom stereocenters. The van der Waals surface area contributed by atoms with E-state index in [4.69, 9.17) is 44.9 Å². The van der Waals surface area contributed by atoms with Gasteiger partial charge in [0.05, 0.1) is 0 Å². The number of piperidine rings is 3. The van der Waals surface area contributed by atoms with Crippen LogP contribution < -0.4 is 60.0 Å². The Kier molecular flexibility index (Phi) is 40.7. The molecular formula is C105H199N21. The number of nitrogens with zero attached hydrogens (tertiary/aromatic N) is 18. The number of anilines is 9. The van der Waals surface area contributed by atoms with Gasteiger partial charge in [-0.25, -0.2) is 0 Å². The molecule has 0 bridgehead atoms. The molecule has 2 aliphatic carbocycles. The monoisotopic (exact) mass is 1750 g/mol. The summed E-state index contributed by atoms with van der Waals surface area (Å²) in [6.45, 7) is 82.4. The molecule has 126 heavy (non-hydrogen) atoms. The molecule has 2 saturated carbocycles. The van der Waals surface area contributed by atoms with Crippen molar-refractivity contribution in [2.24, 2.45) is 21.7 Å². The van der Waals surface area contributed by atoms with E-state index >= 15 is 0 Å². The highest BCUT2D eigenvalue weighted by atomic mass is 15.4. The Morgan fingerprint density at radius 2 is 0.333 bits per heavy atom. The fourth-order valence-electron chi connectivity index (χ4n) is 24.3. The van der Waals surface area contributed by atoms with E-state index in [0.29, 0.717) is 0 Å². The van der Waals surface area contributed by atoms with Gasteiger partial charge in [-0.15, -0.1) is 0 Å². The molecular weight excluding hydrogens is 1560 g/mol. The summed E-state index contributed by atoms with van der Waals surface area (Å²) in [6, 6.07) is 1.33. The Labute approximate surface area is 775 Å². The Bertz CT molecular complexity index is 3430. The van der Waals surface area contributed by atoms with E-state index in [2.05, 4.69) is 261 Å². The molecule has 0 spiro atoms. The van der Waals surface area contributed by atoms with Gasteiger partial charge in [-0.05, 0) is 265 Å². The van der Waals surface area contributed by atoms with Gasteiger partial charge < -0.3 is 60.0 Å². The van der Waals surface area contributed by atoms with E-state index in [1.54, 1.807) is 0 Å². The van der Waals surface area contributed by atoms with E-state index in [0.717, 1.165) is 376 Å². The Hall–Kier alpha value is -4.89. The molecule has 724 valence electrons. The molecule has 3 aromatic heterocycles. The van der Waals surface area contributed by atoms with Gasteiger partial charge in [0.25, 0.3) is 0 Å². The van der Waals surface area contributed by atoms with Crippen LogP contribution in [0.1, 0.15) is 451 Å². The summed E-state index contributed by atoms with van der Waals surface area (Å²) in [6.07, 6.45) is 43.1. The minimum Gasteiger partial charge on any atom is -0.341 e. The third kappa shape index (κ3) is 33.7. The molecule has 0 radical (unpaired) electrons. The van der Waals surface area contributed by atoms with Crippen LogP contribution in [0, 0.1) is 21.7 Å². The first-order valence-electron chi connectivity index (χ1n) is 52.8. The lowest BCUT2D eigenvalue weighted by Gasteiger charge is -2.50. The van der Waals surface area contributed by atoms with Gasteiger partial charge in [-0.3, -0.25) is 0 Å². The number of aromatic nitrogens is 9. The Morgan fingerprint density at radius 3 is 0.516 bits per heavy atom. The molecule has 5 aliphatic rings. The summed E-state index contributed by atoms with van der Waals surface area (Å²) in [7, 11) is 0. The zero-order chi connectivity index (χ0) is 92.5. The number of rotatable bonds is 56. The summed E-state index contributed by atoms with van der Waals surface area (Å²) < 4.78 is 0. The van der Waals surface area contributed by atoms with E-state index in [9.17, 15) is 0 Å². The Morgan fingerprint density at radius 1 is 0.190 bits per heavy atom. The van der Waals surface area contributed by atoms with Gasteiger partial charge in [0.2, 0.25) is 53.5 Å². The standard InChI is InChI=1S/C105H199N21/c1-30-39-57-118(58-40-31-2)87-106-88(119(59-41-32-3)60-42-33-4)109-91(108-87)125(85-76-102(22,23)116-103(24,25)77-85)68-54-50-48-49-53-66-123(82-70-96(10,11)80-97(12,13)71-82)94-112-93(122(65-47-38-9)84-74-100(18,19)115-101(20,21)75-84)113-95(114-94)124(83-72-98(14,15)81-99(16,17)73-83)67-55-51-52-56-69-126(86-78-104(26,27)117-105(28,29)79-86)92-110-89(120(61-43-34-5)62-44-35-6)107-90(111-92)121(63-45-36-7)64-46-37-8/h82-86,115-117H,30-81H2,1-29H3. The van der Waals surface area contributed by atoms with Crippen molar-refractivity contribution in [1.29, 1.82) is 0 Å². The van der Waals surface area contributed by atoms with Crippen molar-refractivity contribution in [3.8, 4) is 0 Å². The number of nitrogens with one attached hydrogen (secondary N) is 3. The molecule has 3 aliphatic heterocycles. The van der Waals surface area contributed by atoms with Crippen molar-refractivity contribution in [3.05, 3.63) is 0 Å². The first kappa shape index (κ1) is 106. The van der Waals surface area contributed by atoms with Crippen molar-refractivity contribution in [2.75, 3.05) is 129 Å². The van der Waals surface area contributed by atoms with Gasteiger partial charge >= 0.3 is 0 Å². The fourth-order valence-corrected chi connectivity index (χ4v) is 24.3. The fraction of sp³-hybridized carbons (Fsp3) is 0.914. The van der Waals surface area contributed by atoms with Crippen LogP contribution in [0.4, 0.5) is 53.5 Å². The summed E-state index contributed by atoms with van der Waals surface area (Å²) in [4.78, 5) is 75.6. The molecule has 8 rings (SSSR count). The highest BCUT2D eigenvalue weighted by Gasteiger charge is 2.48. The van der Waals surface area contributed by atoms with Gasteiger partial charge in [-0.1, -0.05) is 208 Å². The second kappa shape index (κ2) is 48.2. The molecule has 21 heteroatoms. The van der Waals surface area contributed by atoms with Crippen molar-refractivity contribution in [3.63, 3.8) is 0 Å². The predicted octanol–water partition coefficient (Wildman–Crippen LogP) is 24.7. The second-order valence-corrected chi connectivity index (χ2v) is 48.0. The maximum atomic E-state index is 6.15. The van der Waals surface area contributed by atoms with Crippen LogP contribution in [0.25, 0.3) is 0 Å². The largest absolute Gasteiger partial charge is 0.341 e. The zero-order valence-electron chi connectivity index (χ0n) is 87.7. The average Bonchev–Trinajstić information content (AvgIpc) is 0.666. The zero-order valence-corrected chi connectivity index (χ0v) is 87.7. The third-order valence-electron chi connectivity index (χ3n) is 28.3. The highest BCUT2D eigenvalue weighted by molar-refractivity contribution is 5.52. The smallest absolute Gasteiger partial charge is 0.232 e. The molecule has 0 aromatic carbocycles. The molecule has 3 saturated heterocycles. The first-order valence-corrected chi connectivity index (χ1v) is 52.8. The van der Waals surface area contributed by atoms with Crippen LogP contribution in [0.3, 0.4) is 0 Å². The Balaban J connectivity index is 1.18. The van der Waals surface area contributed by atoms with Crippen LogP contribution in [-0.2, 0) is 0 Å².